The molecule has 0 aliphatic carbocycles. The molecular formula is C21H29N3O. The lowest BCUT2D eigenvalue weighted by molar-refractivity contribution is 0.0638. The fourth-order valence-electron chi connectivity index (χ4n) is 3.78. The van der Waals surface area contributed by atoms with Gasteiger partial charge in [0.2, 0.25) is 0 Å². The topological polar surface area (TPSA) is 38.1 Å². The fourth-order valence-corrected chi connectivity index (χ4v) is 3.78. The molecule has 2 aromatic rings. The van der Waals surface area contributed by atoms with Gasteiger partial charge in [-0.15, -0.1) is 0 Å². The standard InChI is InChI=1S/C21H29N3O/c1-5-24-19(14-18(22-24)16(2)3)20(25)23-13-9-12-21(4,15-23)17-10-7-6-8-11-17/h6-8,10-11,14,16H,5,9,12-13,15H2,1-4H3/t21-/m0/s1. The number of aromatic nitrogens is 2. The summed E-state index contributed by atoms with van der Waals surface area (Å²) in [7, 11) is 0. The zero-order valence-corrected chi connectivity index (χ0v) is 15.8. The van der Waals surface area contributed by atoms with Crippen LogP contribution in [0, 0.1) is 0 Å². The quantitative estimate of drug-likeness (QED) is 0.836. The molecule has 1 fully saturated rings. The van der Waals surface area contributed by atoms with Crippen molar-refractivity contribution in [1.82, 2.24) is 14.7 Å². The van der Waals surface area contributed by atoms with Crippen LogP contribution < -0.4 is 0 Å². The van der Waals surface area contributed by atoms with E-state index in [1.165, 1.54) is 5.56 Å². The Labute approximate surface area is 150 Å². The highest BCUT2D eigenvalue weighted by Gasteiger charge is 2.35. The van der Waals surface area contributed by atoms with Crippen LogP contribution in [0.25, 0.3) is 0 Å². The summed E-state index contributed by atoms with van der Waals surface area (Å²) in [5.74, 6) is 0.443. The van der Waals surface area contributed by atoms with Crippen LogP contribution in [-0.2, 0) is 12.0 Å². The number of amides is 1. The number of likely N-dealkylation sites (tertiary alicyclic amines) is 1. The van der Waals surface area contributed by atoms with Gasteiger partial charge in [0.1, 0.15) is 5.69 Å². The van der Waals surface area contributed by atoms with Crippen LogP contribution in [0.2, 0.25) is 0 Å². The molecule has 1 amide bonds. The van der Waals surface area contributed by atoms with Gasteiger partial charge < -0.3 is 4.90 Å². The second-order valence-corrected chi connectivity index (χ2v) is 7.68. The van der Waals surface area contributed by atoms with Crippen molar-refractivity contribution in [1.29, 1.82) is 0 Å². The van der Waals surface area contributed by atoms with Crippen molar-refractivity contribution in [3.8, 4) is 0 Å². The second-order valence-electron chi connectivity index (χ2n) is 7.68. The van der Waals surface area contributed by atoms with E-state index in [1.807, 2.05) is 28.6 Å². The zero-order chi connectivity index (χ0) is 18.0. The highest BCUT2D eigenvalue weighted by atomic mass is 16.2. The molecular weight excluding hydrogens is 310 g/mol. The molecule has 0 saturated carbocycles. The van der Waals surface area contributed by atoms with Crippen LogP contribution in [0.5, 0.6) is 0 Å². The molecule has 1 aliphatic heterocycles. The van der Waals surface area contributed by atoms with Gasteiger partial charge in [-0.1, -0.05) is 51.1 Å². The summed E-state index contributed by atoms with van der Waals surface area (Å²) >= 11 is 0. The molecule has 0 unspecified atom stereocenters. The van der Waals surface area contributed by atoms with Crippen molar-refractivity contribution in [3.05, 3.63) is 53.3 Å². The number of benzene rings is 1. The van der Waals surface area contributed by atoms with E-state index >= 15 is 0 Å². The Hall–Kier alpha value is -2.10. The third-order valence-corrected chi connectivity index (χ3v) is 5.36. The Kier molecular flexibility index (Phi) is 4.98. The number of rotatable bonds is 4. The molecule has 0 radical (unpaired) electrons. The van der Waals surface area contributed by atoms with Gasteiger partial charge in [-0.3, -0.25) is 9.48 Å². The molecule has 2 heterocycles. The molecule has 4 heteroatoms. The smallest absolute Gasteiger partial charge is 0.272 e. The van der Waals surface area contributed by atoms with Gasteiger partial charge in [0.15, 0.2) is 0 Å². The van der Waals surface area contributed by atoms with E-state index in [4.69, 9.17) is 0 Å². The van der Waals surface area contributed by atoms with Gasteiger partial charge in [-0.05, 0) is 37.3 Å². The number of carbonyl (C=O) groups is 1. The van der Waals surface area contributed by atoms with Crippen LogP contribution in [-0.4, -0.2) is 33.7 Å². The average molecular weight is 339 g/mol. The number of nitrogens with zero attached hydrogens (tertiary/aromatic N) is 3. The van der Waals surface area contributed by atoms with E-state index in [1.54, 1.807) is 0 Å². The summed E-state index contributed by atoms with van der Waals surface area (Å²) in [6, 6.07) is 12.6. The maximum absolute atomic E-state index is 13.2. The highest BCUT2D eigenvalue weighted by molar-refractivity contribution is 5.93. The van der Waals surface area contributed by atoms with Gasteiger partial charge in [0.05, 0.1) is 5.69 Å². The first-order valence-electron chi connectivity index (χ1n) is 9.37. The van der Waals surface area contributed by atoms with Crippen LogP contribution in [0.15, 0.2) is 36.4 Å². The number of aryl methyl sites for hydroxylation is 1. The van der Waals surface area contributed by atoms with Gasteiger partial charge in [-0.25, -0.2) is 0 Å². The Morgan fingerprint density at radius 1 is 1.28 bits per heavy atom. The Balaban J connectivity index is 1.85. The van der Waals surface area contributed by atoms with Crippen molar-refractivity contribution in [2.75, 3.05) is 13.1 Å². The van der Waals surface area contributed by atoms with E-state index in [9.17, 15) is 4.79 Å². The van der Waals surface area contributed by atoms with Crippen molar-refractivity contribution in [2.45, 2.75) is 58.4 Å². The molecule has 1 saturated heterocycles. The van der Waals surface area contributed by atoms with E-state index in [0.29, 0.717) is 5.92 Å². The predicted molar refractivity (Wildman–Crippen MR) is 101 cm³/mol. The summed E-state index contributed by atoms with van der Waals surface area (Å²) in [6.45, 7) is 10.9. The van der Waals surface area contributed by atoms with Gasteiger partial charge in [0, 0.05) is 25.0 Å². The van der Waals surface area contributed by atoms with Gasteiger partial charge >= 0.3 is 0 Å². The molecule has 3 rings (SSSR count). The number of hydrogen-bond donors (Lipinski definition) is 0. The van der Waals surface area contributed by atoms with E-state index < -0.39 is 0 Å². The lowest BCUT2D eigenvalue weighted by Gasteiger charge is -2.41. The molecule has 0 N–H and O–H groups in total. The number of piperidine rings is 1. The fraction of sp³-hybridized carbons (Fsp3) is 0.524. The summed E-state index contributed by atoms with van der Waals surface area (Å²) < 4.78 is 1.85. The maximum Gasteiger partial charge on any atom is 0.272 e. The Bertz CT molecular complexity index is 735. The Morgan fingerprint density at radius 3 is 2.64 bits per heavy atom. The van der Waals surface area contributed by atoms with Crippen LogP contribution >= 0.6 is 0 Å². The summed E-state index contributed by atoms with van der Waals surface area (Å²) in [4.78, 5) is 15.2. The number of carbonyl (C=O) groups excluding carboxylic acids is 1. The minimum atomic E-state index is 0.0209. The molecule has 0 spiro atoms. The first-order chi connectivity index (χ1) is 11.9. The SMILES string of the molecule is CCn1nc(C(C)C)cc1C(=O)N1CCC[C@](C)(c2ccccc2)C1. The molecule has 1 aliphatic rings. The number of hydrogen-bond acceptors (Lipinski definition) is 2. The molecule has 4 nitrogen and oxygen atoms in total. The summed E-state index contributed by atoms with van der Waals surface area (Å²) in [5.41, 5.74) is 3.06. The van der Waals surface area contributed by atoms with Crippen molar-refractivity contribution >= 4 is 5.91 Å². The molecule has 25 heavy (non-hydrogen) atoms. The maximum atomic E-state index is 13.2. The molecule has 134 valence electrons. The highest BCUT2D eigenvalue weighted by Crippen LogP contribution is 2.34. The van der Waals surface area contributed by atoms with Crippen molar-refractivity contribution < 1.29 is 4.79 Å². The van der Waals surface area contributed by atoms with E-state index in [0.717, 1.165) is 43.9 Å². The van der Waals surface area contributed by atoms with Gasteiger partial charge in [0.25, 0.3) is 5.91 Å². The van der Waals surface area contributed by atoms with Crippen LogP contribution in [0.1, 0.15) is 68.2 Å². The van der Waals surface area contributed by atoms with Gasteiger partial charge in [-0.2, -0.15) is 5.10 Å². The largest absolute Gasteiger partial charge is 0.336 e. The minimum Gasteiger partial charge on any atom is -0.336 e. The average Bonchev–Trinajstić information content (AvgIpc) is 3.06. The summed E-state index contributed by atoms with van der Waals surface area (Å²) in [5, 5.41) is 4.61. The third kappa shape index (κ3) is 3.48. The second kappa shape index (κ2) is 7.03. The van der Waals surface area contributed by atoms with Crippen molar-refractivity contribution in [2.24, 2.45) is 0 Å². The molecule has 1 aromatic heterocycles. The minimum absolute atomic E-state index is 0.0209. The molecule has 0 bridgehead atoms. The zero-order valence-electron chi connectivity index (χ0n) is 15.8. The molecule has 1 atom stereocenters. The first kappa shape index (κ1) is 17.7. The lowest BCUT2D eigenvalue weighted by Crippen LogP contribution is -2.47. The normalized spacial score (nSPS) is 20.9. The summed E-state index contributed by atoms with van der Waals surface area (Å²) in [6.07, 6.45) is 2.15. The monoisotopic (exact) mass is 339 g/mol. The third-order valence-electron chi connectivity index (χ3n) is 5.36. The predicted octanol–water partition coefficient (Wildman–Crippen LogP) is 4.22. The Morgan fingerprint density at radius 2 is 2.00 bits per heavy atom. The van der Waals surface area contributed by atoms with Crippen molar-refractivity contribution in [3.63, 3.8) is 0 Å². The first-order valence-corrected chi connectivity index (χ1v) is 9.37. The van der Waals surface area contributed by atoms with E-state index in [2.05, 4.69) is 50.1 Å². The van der Waals surface area contributed by atoms with E-state index in [-0.39, 0.29) is 11.3 Å². The van der Waals surface area contributed by atoms with Crippen LogP contribution in [0.3, 0.4) is 0 Å². The molecule has 1 aromatic carbocycles. The lowest BCUT2D eigenvalue weighted by atomic mass is 9.76. The van der Waals surface area contributed by atoms with Crippen LogP contribution in [0.4, 0.5) is 0 Å².